The molecule has 0 amide bonds. The highest BCUT2D eigenvalue weighted by atomic mass is 32.1. The lowest BCUT2D eigenvalue weighted by atomic mass is 10.0. The number of rotatable bonds is 1. The van der Waals surface area contributed by atoms with E-state index in [1.807, 2.05) is 36.4 Å². The Morgan fingerprint density at radius 1 is 1.12 bits per heavy atom. The van der Waals surface area contributed by atoms with Crippen LogP contribution in [0.15, 0.2) is 51.5 Å². The number of aliphatic imine (C=N–C) groups is 1. The summed E-state index contributed by atoms with van der Waals surface area (Å²) in [6.07, 6.45) is 3.95. The van der Waals surface area contributed by atoms with Gasteiger partial charge in [-0.05, 0) is 28.2 Å². The molecular weight excluding hydrogens is 248 g/mol. The van der Waals surface area contributed by atoms with Gasteiger partial charge in [0.1, 0.15) is 5.03 Å². The van der Waals surface area contributed by atoms with Gasteiger partial charge >= 0.3 is 0 Å². The molecule has 2 nitrogen and oxygen atoms in total. The first-order chi connectivity index (χ1) is 8.08. The quantitative estimate of drug-likeness (QED) is 0.652. The van der Waals surface area contributed by atoms with Gasteiger partial charge in [0.2, 0.25) is 0 Å². The highest BCUT2D eigenvalue weighted by molar-refractivity contribution is 7.88. The predicted octanol–water partition coefficient (Wildman–Crippen LogP) is 1.20. The van der Waals surface area contributed by atoms with Gasteiger partial charge < -0.3 is 5.73 Å². The van der Waals surface area contributed by atoms with Crippen LogP contribution in [0, 0.1) is 0 Å². The molecule has 0 aromatic heterocycles. The average molecular weight is 260 g/mol. The molecule has 17 heavy (non-hydrogen) atoms. The van der Waals surface area contributed by atoms with Crippen LogP contribution >= 0.6 is 25.3 Å². The molecule has 0 spiro atoms. The Morgan fingerprint density at radius 2 is 1.71 bits per heavy atom. The number of nitrogens with two attached hydrogens (primary N) is 1. The molecular formula is C13H12N2S2. The molecule has 2 rings (SSSR count). The largest absolute Gasteiger partial charge is 0.392 e. The van der Waals surface area contributed by atoms with Crippen molar-refractivity contribution in [2.45, 2.75) is 0 Å². The molecule has 0 saturated heterocycles. The van der Waals surface area contributed by atoms with Crippen molar-refractivity contribution in [2.24, 2.45) is 10.7 Å². The second kappa shape index (κ2) is 4.85. The first kappa shape index (κ1) is 12.1. The van der Waals surface area contributed by atoms with E-state index in [-0.39, 0.29) is 0 Å². The van der Waals surface area contributed by atoms with E-state index in [9.17, 15) is 0 Å². The fourth-order valence-corrected chi connectivity index (χ4v) is 1.71. The third-order valence-corrected chi connectivity index (χ3v) is 3.13. The summed E-state index contributed by atoms with van der Waals surface area (Å²) in [4.78, 5) is 4.29. The highest BCUT2D eigenvalue weighted by Gasteiger charge is 2.05. The fraction of sp³-hybridized carbons (Fsp3) is 0. The van der Waals surface area contributed by atoms with Crippen LogP contribution in [0.5, 0.6) is 0 Å². The Hall–Kier alpha value is -1.39. The molecule has 86 valence electrons. The zero-order valence-corrected chi connectivity index (χ0v) is 10.9. The van der Waals surface area contributed by atoms with Crippen molar-refractivity contribution in [1.29, 1.82) is 0 Å². The van der Waals surface area contributed by atoms with Crippen LogP contribution in [0.4, 0.5) is 0 Å². The van der Waals surface area contributed by atoms with Gasteiger partial charge in [0, 0.05) is 0 Å². The molecule has 0 bridgehead atoms. The summed E-state index contributed by atoms with van der Waals surface area (Å²) in [5, 5.41) is 2.94. The van der Waals surface area contributed by atoms with E-state index in [4.69, 9.17) is 5.73 Å². The molecule has 0 radical (unpaired) electrons. The van der Waals surface area contributed by atoms with Crippen molar-refractivity contribution >= 4 is 43.1 Å². The Balaban J connectivity index is 2.59. The first-order valence-corrected chi connectivity index (χ1v) is 5.91. The molecule has 4 heteroatoms. The van der Waals surface area contributed by atoms with E-state index in [1.165, 1.54) is 0 Å². The van der Waals surface area contributed by atoms with Crippen LogP contribution in [-0.2, 0) is 0 Å². The Kier molecular flexibility index (Phi) is 3.45. The lowest BCUT2D eigenvalue weighted by molar-refractivity contribution is 1.42. The first-order valence-electron chi connectivity index (χ1n) is 5.02. The summed E-state index contributed by atoms with van der Waals surface area (Å²) in [7, 11) is 0. The van der Waals surface area contributed by atoms with Crippen molar-refractivity contribution in [3.8, 4) is 0 Å². The van der Waals surface area contributed by atoms with Crippen molar-refractivity contribution in [3.05, 3.63) is 56.9 Å². The number of allylic oxidation sites excluding steroid dienone is 1. The lowest BCUT2D eigenvalue weighted by Gasteiger charge is -2.07. The van der Waals surface area contributed by atoms with Gasteiger partial charge in [0.25, 0.3) is 0 Å². The SMILES string of the molecule is C=C1C=c2ccccc2=CC1=N/C(S)=C(\N)S. The van der Waals surface area contributed by atoms with Gasteiger partial charge in [-0.3, -0.25) is 0 Å². The molecule has 0 unspecified atom stereocenters. The van der Waals surface area contributed by atoms with Gasteiger partial charge in [-0.2, -0.15) is 0 Å². The molecule has 0 heterocycles. The summed E-state index contributed by atoms with van der Waals surface area (Å²) >= 11 is 8.16. The molecule has 1 aliphatic rings. The van der Waals surface area contributed by atoms with E-state index in [1.54, 1.807) is 0 Å². The summed E-state index contributed by atoms with van der Waals surface area (Å²) in [6, 6.07) is 8.05. The Morgan fingerprint density at radius 3 is 2.29 bits per heavy atom. The zero-order chi connectivity index (χ0) is 12.4. The maximum atomic E-state index is 5.50. The summed E-state index contributed by atoms with van der Waals surface area (Å²) in [5.74, 6) is 0. The number of nitrogens with zero attached hydrogens (tertiary/aromatic N) is 1. The van der Waals surface area contributed by atoms with Gasteiger partial charge in [-0.1, -0.05) is 30.8 Å². The molecule has 1 aromatic carbocycles. The van der Waals surface area contributed by atoms with Crippen LogP contribution in [0.1, 0.15) is 0 Å². The van der Waals surface area contributed by atoms with E-state index < -0.39 is 0 Å². The van der Waals surface area contributed by atoms with Crippen molar-refractivity contribution in [3.63, 3.8) is 0 Å². The molecule has 2 N–H and O–H groups in total. The van der Waals surface area contributed by atoms with Crippen molar-refractivity contribution < 1.29 is 0 Å². The molecule has 1 aromatic rings. The van der Waals surface area contributed by atoms with Crippen LogP contribution < -0.4 is 16.2 Å². The van der Waals surface area contributed by atoms with Gasteiger partial charge in [0.15, 0.2) is 0 Å². The molecule has 1 aliphatic carbocycles. The minimum Gasteiger partial charge on any atom is -0.392 e. The van der Waals surface area contributed by atoms with Gasteiger partial charge in [-0.15, -0.1) is 25.3 Å². The van der Waals surface area contributed by atoms with Crippen LogP contribution in [0.2, 0.25) is 0 Å². The Bertz CT molecular complexity index is 650. The number of fused-ring (bicyclic) bond motifs is 1. The normalized spacial score (nSPS) is 18.0. The second-order valence-electron chi connectivity index (χ2n) is 3.65. The van der Waals surface area contributed by atoms with E-state index >= 15 is 0 Å². The van der Waals surface area contributed by atoms with Gasteiger partial charge in [-0.25, -0.2) is 4.99 Å². The molecule has 0 atom stereocenters. The van der Waals surface area contributed by atoms with E-state index in [2.05, 4.69) is 36.8 Å². The second-order valence-corrected chi connectivity index (χ2v) is 4.55. The molecule has 0 aliphatic heterocycles. The third kappa shape index (κ3) is 2.65. The average Bonchev–Trinajstić information content (AvgIpc) is 2.29. The standard InChI is InChI=1S/C13H12N2S2/c1-8-6-9-4-2-3-5-10(9)7-11(8)15-13(17)12(14)16/h2-7,16-17H,1,14H2/b13-12-,15-11?. The summed E-state index contributed by atoms with van der Waals surface area (Å²) in [6.45, 7) is 3.97. The summed E-state index contributed by atoms with van der Waals surface area (Å²) in [5.41, 5.74) is 7.09. The minimum absolute atomic E-state index is 0.292. The smallest absolute Gasteiger partial charge is 0.123 e. The number of thiol groups is 2. The van der Waals surface area contributed by atoms with Crippen molar-refractivity contribution in [2.75, 3.05) is 0 Å². The highest BCUT2D eigenvalue weighted by Crippen LogP contribution is 2.13. The van der Waals surface area contributed by atoms with Crippen LogP contribution in [-0.4, -0.2) is 5.71 Å². The number of benzene rings is 1. The van der Waals surface area contributed by atoms with E-state index in [0.717, 1.165) is 21.7 Å². The topological polar surface area (TPSA) is 38.4 Å². The van der Waals surface area contributed by atoms with Gasteiger partial charge in [0.05, 0.1) is 10.7 Å². The number of hydrogen-bond donors (Lipinski definition) is 3. The Labute approximate surface area is 111 Å². The molecule has 0 fully saturated rings. The monoisotopic (exact) mass is 260 g/mol. The zero-order valence-electron chi connectivity index (χ0n) is 9.09. The third-order valence-electron chi connectivity index (χ3n) is 2.40. The van der Waals surface area contributed by atoms with Crippen LogP contribution in [0.25, 0.3) is 12.2 Å². The van der Waals surface area contributed by atoms with Crippen molar-refractivity contribution in [1.82, 2.24) is 0 Å². The predicted molar refractivity (Wildman–Crippen MR) is 80.4 cm³/mol. The summed E-state index contributed by atoms with van der Waals surface area (Å²) < 4.78 is 0. The van der Waals surface area contributed by atoms with E-state index in [0.29, 0.717) is 10.1 Å². The number of hydrogen-bond acceptors (Lipinski definition) is 4. The lowest BCUT2D eigenvalue weighted by Crippen LogP contribution is -2.29. The molecule has 0 saturated carbocycles. The fourth-order valence-electron chi connectivity index (χ4n) is 1.55. The van der Waals surface area contributed by atoms with Crippen LogP contribution in [0.3, 0.4) is 0 Å². The minimum atomic E-state index is 0.292. The maximum Gasteiger partial charge on any atom is 0.123 e. The maximum absolute atomic E-state index is 5.50.